The van der Waals surface area contributed by atoms with Crippen LogP contribution in [-0.4, -0.2) is 24.0 Å². The summed E-state index contributed by atoms with van der Waals surface area (Å²) in [6.45, 7) is 8.82. The fourth-order valence-electron chi connectivity index (χ4n) is 2.11. The van der Waals surface area contributed by atoms with Crippen molar-refractivity contribution >= 4 is 17.3 Å². The SMILES string of the molecule is CCNC(=NCc1ccccc1)NCCc1csc(C(C)C)n1. The van der Waals surface area contributed by atoms with Crippen LogP contribution in [-0.2, 0) is 13.0 Å². The number of rotatable bonds is 7. The van der Waals surface area contributed by atoms with Crippen molar-refractivity contribution in [2.75, 3.05) is 13.1 Å². The van der Waals surface area contributed by atoms with Gasteiger partial charge in [0, 0.05) is 30.8 Å². The number of aliphatic imine (C=N–C) groups is 1. The predicted molar refractivity (Wildman–Crippen MR) is 99.2 cm³/mol. The molecule has 2 aromatic rings. The maximum atomic E-state index is 4.66. The molecular formula is C18H26N4S. The van der Waals surface area contributed by atoms with E-state index in [-0.39, 0.29) is 0 Å². The van der Waals surface area contributed by atoms with E-state index in [2.05, 4.69) is 58.9 Å². The third-order valence-corrected chi connectivity index (χ3v) is 4.54. The van der Waals surface area contributed by atoms with Crippen molar-refractivity contribution in [1.29, 1.82) is 0 Å². The van der Waals surface area contributed by atoms with E-state index in [1.54, 1.807) is 11.3 Å². The van der Waals surface area contributed by atoms with E-state index in [1.165, 1.54) is 10.6 Å². The Morgan fingerprint density at radius 3 is 2.65 bits per heavy atom. The van der Waals surface area contributed by atoms with Crippen molar-refractivity contribution in [3.05, 3.63) is 52.0 Å². The number of benzene rings is 1. The molecule has 0 saturated heterocycles. The average molecular weight is 331 g/mol. The minimum atomic E-state index is 0.506. The molecule has 0 amide bonds. The fraction of sp³-hybridized carbons (Fsp3) is 0.444. The number of nitrogens with zero attached hydrogens (tertiary/aromatic N) is 2. The summed E-state index contributed by atoms with van der Waals surface area (Å²) in [7, 11) is 0. The van der Waals surface area contributed by atoms with Crippen LogP contribution in [0.2, 0.25) is 0 Å². The lowest BCUT2D eigenvalue weighted by Crippen LogP contribution is -2.38. The van der Waals surface area contributed by atoms with Gasteiger partial charge in [-0.05, 0) is 12.5 Å². The van der Waals surface area contributed by atoms with Crippen LogP contribution in [0.25, 0.3) is 0 Å². The lowest BCUT2D eigenvalue weighted by Gasteiger charge is -2.10. The van der Waals surface area contributed by atoms with Gasteiger partial charge in [0.15, 0.2) is 5.96 Å². The van der Waals surface area contributed by atoms with Crippen LogP contribution in [0.4, 0.5) is 0 Å². The molecule has 2 rings (SSSR count). The number of hydrogen-bond acceptors (Lipinski definition) is 3. The van der Waals surface area contributed by atoms with Crippen LogP contribution in [0.15, 0.2) is 40.7 Å². The quantitative estimate of drug-likeness (QED) is 0.603. The van der Waals surface area contributed by atoms with Crippen molar-refractivity contribution < 1.29 is 0 Å². The van der Waals surface area contributed by atoms with E-state index in [0.717, 1.165) is 31.2 Å². The molecular weight excluding hydrogens is 304 g/mol. The molecule has 0 radical (unpaired) electrons. The highest BCUT2D eigenvalue weighted by atomic mass is 32.1. The normalized spacial score (nSPS) is 11.7. The second-order valence-electron chi connectivity index (χ2n) is 5.69. The smallest absolute Gasteiger partial charge is 0.191 e. The molecule has 1 heterocycles. The first kappa shape index (κ1) is 17.5. The first-order chi connectivity index (χ1) is 11.2. The summed E-state index contributed by atoms with van der Waals surface area (Å²) in [5, 5.41) is 10.0. The summed E-state index contributed by atoms with van der Waals surface area (Å²) in [6.07, 6.45) is 0.916. The van der Waals surface area contributed by atoms with Gasteiger partial charge in [-0.15, -0.1) is 11.3 Å². The topological polar surface area (TPSA) is 49.3 Å². The van der Waals surface area contributed by atoms with Crippen LogP contribution >= 0.6 is 11.3 Å². The molecule has 23 heavy (non-hydrogen) atoms. The second kappa shape index (κ2) is 9.30. The van der Waals surface area contributed by atoms with Gasteiger partial charge in [-0.2, -0.15) is 0 Å². The minimum Gasteiger partial charge on any atom is -0.357 e. The number of aromatic nitrogens is 1. The van der Waals surface area contributed by atoms with Crippen LogP contribution < -0.4 is 10.6 Å². The third-order valence-electron chi connectivity index (χ3n) is 3.34. The second-order valence-corrected chi connectivity index (χ2v) is 6.58. The molecule has 0 saturated carbocycles. The van der Waals surface area contributed by atoms with Gasteiger partial charge < -0.3 is 10.6 Å². The maximum absolute atomic E-state index is 4.66. The summed E-state index contributed by atoms with van der Waals surface area (Å²) in [5.74, 6) is 1.36. The standard InChI is InChI=1S/C18H26N4S/c1-4-19-18(21-12-15-8-6-5-7-9-15)20-11-10-16-13-23-17(22-16)14(2)3/h5-9,13-14H,4,10-12H2,1-3H3,(H2,19,20,21). The molecule has 0 aliphatic rings. The van der Waals surface area contributed by atoms with E-state index < -0.39 is 0 Å². The van der Waals surface area contributed by atoms with E-state index in [0.29, 0.717) is 12.5 Å². The van der Waals surface area contributed by atoms with Gasteiger partial charge in [-0.3, -0.25) is 0 Å². The van der Waals surface area contributed by atoms with E-state index in [4.69, 9.17) is 0 Å². The Balaban J connectivity index is 1.84. The molecule has 0 aliphatic carbocycles. The van der Waals surface area contributed by atoms with E-state index >= 15 is 0 Å². The van der Waals surface area contributed by atoms with Crippen LogP contribution in [0.1, 0.15) is 43.0 Å². The molecule has 124 valence electrons. The molecule has 0 aliphatic heterocycles. The Kier molecular flexibility index (Phi) is 7.07. The highest BCUT2D eigenvalue weighted by molar-refractivity contribution is 7.09. The van der Waals surface area contributed by atoms with Gasteiger partial charge in [0.1, 0.15) is 0 Å². The monoisotopic (exact) mass is 330 g/mol. The Morgan fingerprint density at radius 1 is 1.22 bits per heavy atom. The van der Waals surface area contributed by atoms with Crippen molar-refractivity contribution in [3.8, 4) is 0 Å². The first-order valence-electron chi connectivity index (χ1n) is 8.19. The molecule has 0 unspecified atom stereocenters. The summed E-state index contributed by atoms with van der Waals surface area (Å²) >= 11 is 1.75. The average Bonchev–Trinajstić information content (AvgIpc) is 3.03. The van der Waals surface area contributed by atoms with Crippen molar-refractivity contribution in [1.82, 2.24) is 15.6 Å². The lowest BCUT2D eigenvalue weighted by atomic mass is 10.2. The summed E-state index contributed by atoms with van der Waals surface area (Å²) < 4.78 is 0. The van der Waals surface area contributed by atoms with Gasteiger partial charge >= 0.3 is 0 Å². The van der Waals surface area contributed by atoms with Crippen LogP contribution in [0, 0.1) is 0 Å². The summed E-state index contributed by atoms with van der Waals surface area (Å²) in [6, 6.07) is 10.3. The molecule has 0 bridgehead atoms. The first-order valence-corrected chi connectivity index (χ1v) is 9.07. The molecule has 1 aromatic heterocycles. The van der Waals surface area contributed by atoms with E-state index in [1.807, 2.05) is 18.2 Å². The van der Waals surface area contributed by atoms with Crippen molar-refractivity contribution in [2.24, 2.45) is 4.99 Å². The zero-order chi connectivity index (χ0) is 16.5. The molecule has 2 N–H and O–H groups in total. The maximum Gasteiger partial charge on any atom is 0.191 e. The lowest BCUT2D eigenvalue weighted by molar-refractivity contribution is 0.780. The zero-order valence-corrected chi connectivity index (χ0v) is 15.0. The predicted octanol–water partition coefficient (Wildman–Crippen LogP) is 3.56. The largest absolute Gasteiger partial charge is 0.357 e. The van der Waals surface area contributed by atoms with Crippen molar-refractivity contribution in [3.63, 3.8) is 0 Å². The zero-order valence-electron chi connectivity index (χ0n) is 14.2. The summed E-state index contributed by atoms with van der Waals surface area (Å²) in [5.41, 5.74) is 2.37. The van der Waals surface area contributed by atoms with Gasteiger partial charge in [-0.25, -0.2) is 9.98 Å². The van der Waals surface area contributed by atoms with Gasteiger partial charge in [0.2, 0.25) is 0 Å². The number of hydrogen-bond donors (Lipinski definition) is 2. The number of nitrogens with one attached hydrogen (secondary N) is 2. The van der Waals surface area contributed by atoms with Crippen LogP contribution in [0.3, 0.4) is 0 Å². The van der Waals surface area contributed by atoms with Gasteiger partial charge in [-0.1, -0.05) is 44.2 Å². The molecule has 1 aromatic carbocycles. The third kappa shape index (κ3) is 6.02. The number of thiazole rings is 1. The van der Waals surface area contributed by atoms with Crippen molar-refractivity contribution in [2.45, 2.75) is 39.7 Å². The molecule has 5 heteroatoms. The number of guanidine groups is 1. The minimum absolute atomic E-state index is 0.506. The highest BCUT2D eigenvalue weighted by Crippen LogP contribution is 2.19. The molecule has 0 spiro atoms. The van der Waals surface area contributed by atoms with E-state index in [9.17, 15) is 0 Å². The Bertz CT molecular complexity index is 604. The Hall–Kier alpha value is -1.88. The fourth-order valence-corrected chi connectivity index (χ4v) is 2.98. The highest BCUT2D eigenvalue weighted by Gasteiger charge is 2.06. The van der Waals surface area contributed by atoms with Gasteiger partial charge in [0.05, 0.1) is 17.2 Å². The summed E-state index contributed by atoms with van der Waals surface area (Å²) in [4.78, 5) is 9.29. The Morgan fingerprint density at radius 2 is 2.00 bits per heavy atom. The molecule has 0 fully saturated rings. The Labute approximate surface area is 143 Å². The molecule has 0 atom stereocenters. The van der Waals surface area contributed by atoms with Crippen LogP contribution in [0.5, 0.6) is 0 Å². The van der Waals surface area contributed by atoms with Gasteiger partial charge in [0.25, 0.3) is 0 Å². The molecule has 4 nitrogen and oxygen atoms in total.